The first-order chi connectivity index (χ1) is 16.9. The molecule has 178 valence electrons. The molecule has 0 aliphatic carbocycles. The number of likely N-dealkylation sites (N-methyl/N-ethyl adjacent to an activating group) is 1. The minimum Gasteiger partial charge on any atom is -0.493 e. The number of aromatic carboxylic acids is 1. The summed E-state index contributed by atoms with van der Waals surface area (Å²) in [5, 5.41) is 9.88. The number of amides is 1. The summed E-state index contributed by atoms with van der Waals surface area (Å²) in [7, 11) is 3.16. The molecule has 0 aromatic heterocycles. The molecule has 1 amide bonds. The molecule has 0 atom stereocenters. The normalized spacial score (nSPS) is 15.6. The maximum atomic E-state index is 12.8. The summed E-state index contributed by atoms with van der Waals surface area (Å²) >= 11 is 7.71. The third kappa shape index (κ3) is 5.67. The number of carbonyl (C=O) groups excluding carboxylic acids is 1. The van der Waals surface area contributed by atoms with Gasteiger partial charge in [0.15, 0.2) is 16.7 Å². The van der Waals surface area contributed by atoms with E-state index in [1.54, 1.807) is 37.4 Å². The van der Waals surface area contributed by atoms with Crippen LogP contribution in [0.3, 0.4) is 0 Å². The Bertz CT molecular complexity index is 1320. The predicted octanol–water partition coefficient (Wildman–Crippen LogP) is 5.86. The van der Waals surface area contributed by atoms with Gasteiger partial charge in [-0.1, -0.05) is 41.9 Å². The van der Waals surface area contributed by atoms with Crippen molar-refractivity contribution in [3.8, 4) is 11.5 Å². The van der Waals surface area contributed by atoms with E-state index in [0.29, 0.717) is 44.5 Å². The number of rotatable bonds is 7. The number of hydrogen-bond donors (Lipinski definition) is 1. The zero-order valence-electron chi connectivity index (χ0n) is 18.9. The quantitative estimate of drug-likeness (QED) is 0.402. The van der Waals surface area contributed by atoms with Gasteiger partial charge in [-0.3, -0.25) is 9.69 Å². The number of benzene rings is 3. The Hall–Kier alpha value is -3.75. The first-order valence-corrected chi connectivity index (χ1v) is 11.7. The lowest BCUT2D eigenvalue weighted by atomic mass is 10.1. The first kappa shape index (κ1) is 24.4. The number of thioether (sulfide) groups is 1. The molecule has 0 radical (unpaired) electrons. The Morgan fingerprint density at radius 3 is 2.51 bits per heavy atom. The highest BCUT2D eigenvalue weighted by atomic mass is 35.5. The molecule has 1 aliphatic heterocycles. The van der Waals surface area contributed by atoms with Crippen molar-refractivity contribution in [2.45, 2.75) is 6.61 Å². The van der Waals surface area contributed by atoms with Gasteiger partial charge in [-0.2, -0.15) is 0 Å². The topological polar surface area (TPSA) is 88.4 Å². The van der Waals surface area contributed by atoms with Gasteiger partial charge in [0.25, 0.3) is 5.91 Å². The summed E-state index contributed by atoms with van der Waals surface area (Å²) in [5.41, 5.74) is 2.38. The summed E-state index contributed by atoms with van der Waals surface area (Å²) in [4.78, 5) is 30.2. The Morgan fingerprint density at radius 2 is 1.86 bits per heavy atom. The highest BCUT2D eigenvalue weighted by Crippen LogP contribution is 2.39. The van der Waals surface area contributed by atoms with E-state index in [4.69, 9.17) is 26.2 Å². The van der Waals surface area contributed by atoms with Crippen molar-refractivity contribution in [3.05, 3.63) is 93.3 Å². The van der Waals surface area contributed by atoms with Crippen LogP contribution in [0.15, 0.2) is 76.6 Å². The number of amidine groups is 1. The SMILES string of the molecule is COc1cc(/C=C2\SC(=Nc3ccc(C(=O)O)cc3)N(C)C2=O)cc(Cl)c1OCc1ccccc1. The molecular weight excluding hydrogens is 488 g/mol. The Balaban J connectivity index is 1.56. The average molecular weight is 509 g/mol. The molecule has 1 N–H and O–H groups in total. The Labute approximate surface area is 211 Å². The van der Waals surface area contributed by atoms with Crippen LogP contribution in [0.2, 0.25) is 5.02 Å². The highest BCUT2D eigenvalue weighted by molar-refractivity contribution is 8.18. The summed E-state index contributed by atoms with van der Waals surface area (Å²) < 4.78 is 11.4. The largest absolute Gasteiger partial charge is 0.493 e. The van der Waals surface area contributed by atoms with Crippen LogP contribution in [0.1, 0.15) is 21.5 Å². The van der Waals surface area contributed by atoms with E-state index in [2.05, 4.69) is 4.99 Å². The molecule has 1 heterocycles. The van der Waals surface area contributed by atoms with Crippen molar-refractivity contribution >= 4 is 52.2 Å². The molecular formula is C26H21ClN2O5S. The van der Waals surface area contributed by atoms with E-state index in [1.807, 2.05) is 30.3 Å². The monoisotopic (exact) mass is 508 g/mol. The molecule has 0 saturated carbocycles. The number of hydrogen-bond acceptors (Lipinski definition) is 6. The van der Waals surface area contributed by atoms with Gasteiger partial charge in [-0.25, -0.2) is 9.79 Å². The van der Waals surface area contributed by atoms with Gasteiger partial charge < -0.3 is 14.6 Å². The molecule has 9 heteroatoms. The molecule has 7 nitrogen and oxygen atoms in total. The van der Waals surface area contributed by atoms with Crippen LogP contribution in [-0.4, -0.2) is 41.2 Å². The van der Waals surface area contributed by atoms with Crippen molar-refractivity contribution in [2.75, 3.05) is 14.2 Å². The molecule has 0 spiro atoms. The summed E-state index contributed by atoms with van der Waals surface area (Å²) in [6, 6.07) is 19.3. The van der Waals surface area contributed by atoms with Crippen molar-refractivity contribution < 1.29 is 24.2 Å². The fraction of sp³-hybridized carbons (Fsp3) is 0.115. The second-order valence-corrected chi connectivity index (χ2v) is 8.95. The highest BCUT2D eigenvalue weighted by Gasteiger charge is 2.30. The number of carboxylic acids is 1. The number of nitrogens with zero attached hydrogens (tertiary/aromatic N) is 2. The van der Waals surface area contributed by atoms with Crippen molar-refractivity contribution in [1.29, 1.82) is 0 Å². The summed E-state index contributed by atoms with van der Waals surface area (Å²) in [6.07, 6.45) is 1.72. The van der Waals surface area contributed by atoms with Crippen LogP contribution in [0.5, 0.6) is 11.5 Å². The van der Waals surface area contributed by atoms with Gasteiger partial charge in [0, 0.05) is 7.05 Å². The fourth-order valence-electron chi connectivity index (χ4n) is 3.28. The van der Waals surface area contributed by atoms with Gasteiger partial charge >= 0.3 is 5.97 Å². The number of carbonyl (C=O) groups is 2. The second-order valence-electron chi connectivity index (χ2n) is 7.53. The number of aliphatic imine (C=N–C) groups is 1. The van der Waals surface area contributed by atoms with E-state index in [9.17, 15) is 9.59 Å². The van der Waals surface area contributed by atoms with E-state index in [-0.39, 0.29) is 11.5 Å². The minimum absolute atomic E-state index is 0.167. The average Bonchev–Trinajstić information content (AvgIpc) is 3.11. The molecule has 1 saturated heterocycles. The number of halogens is 1. The van der Waals surface area contributed by atoms with Crippen LogP contribution in [-0.2, 0) is 11.4 Å². The standard InChI is InChI=1S/C26H21ClN2O5S/c1-29-24(30)22(35-26(29)28-19-10-8-18(9-11-19)25(31)32)14-17-12-20(27)23(21(13-17)33-2)34-15-16-6-4-3-5-7-16/h3-14H,15H2,1-2H3,(H,31,32)/b22-14-,28-26?. The maximum Gasteiger partial charge on any atom is 0.335 e. The zero-order valence-corrected chi connectivity index (χ0v) is 20.5. The third-order valence-electron chi connectivity index (χ3n) is 5.12. The maximum absolute atomic E-state index is 12.8. The predicted molar refractivity (Wildman–Crippen MR) is 138 cm³/mol. The number of ether oxygens (including phenoxy) is 2. The summed E-state index contributed by atoms with van der Waals surface area (Å²) in [5.74, 6) is -0.343. The lowest BCUT2D eigenvalue weighted by Gasteiger charge is -2.13. The Morgan fingerprint density at radius 1 is 1.14 bits per heavy atom. The lowest BCUT2D eigenvalue weighted by Crippen LogP contribution is -2.23. The molecule has 0 bridgehead atoms. The second kappa shape index (κ2) is 10.7. The first-order valence-electron chi connectivity index (χ1n) is 10.5. The van der Waals surface area contributed by atoms with Gasteiger partial charge in [0.2, 0.25) is 0 Å². The van der Waals surface area contributed by atoms with Gasteiger partial charge in [-0.15, -0.1) is 0 Å². The fourth-order valence-corrected chi connectivity index (χ4v) is 4.55. The molecule has 1 aliphatic rings. The molecule has 35 heavy (non-hydrogen) atoms. The van der Waals surface area contributed by atoms with Crippen LogP contribution in [0, 0.1) is 0 Å². The van der Waals surface area contributed by atoms with Crippen molar-refractivity contribution in [1.82, 2.24) is 4.90 Å². The molecule has 1 fully saturated rings. The van der Waals surface area contributed by atoms with Gasteiger partial charge in [0.05, 0.1) is 28.3 Å². The zero-order chi connectivity index (χ0) is 24.9. The molecule has 0 unspecified atom stereocenters. The summed E-state index contributed by atoms with van der Waals surface area (Å²) in [6.45, 7) is 0.337. The van der Waals surface area contributed by atoms with Crippen molar-refractivity contribution in [2.24, 2.45) is 4.99 Å². The third-order valence-corrected chi connectivity index (χ3v) is 6.46. The van der Waals surface area contributed by atoms with Crippen molar-refractivity contribution in [3.63, 3.8) is 0 Å². The molecule has 4 rings (SSSR count). The van der Waals surface area contributed by atoms with Crippen LogP contribution in [0.25, 0.3) is 6.08 Å². The van der Waals surface area contributed by atoms with Crippen LogP contribution < -0.4 is 9.47 Å². The Kier molecular flexibility index (Phi) is 7.43. The van der Waals surface area contributed by atoms with Gasteiger partial charge in [0.1, 0.15) is 6.61 Å². The van der Waals surface area contributed by atoms with E-state index < -0.39 is 5.97 Å². The minimum atomic E-state index is -1.01. The number of methoxy groups -OCH3 is 1. The van der Waals surface area contributed by atoms with E-state index in [0.717, 1.165) is 5.56 Å². The van der Waals surface area contributed by atoms with E-state index in [1.165, 1.54) is 35.9 Å². The molecule has 3 aromatic rings. The molecule has 3 aromatic carbocycles. The van der Waals surface area contributed by atoms with Crippen LogP contribution in [0.4, 0.5) is 5.69 Å². The number of carboxylic acid groups (broad SMARTS) is 1. The van der Waals surface area contributed by atoms with E-state index >= 15 is 0 Å². The lowest BCUT2D eigenvalue weighted by molar-refractivity contribution is -0.121. The smallest absolute Gasteiger partial charge is 0.335 e. The van der Waals surface area contributed by atoms with Gasteiger partial charge in [-0.05, 0) is 65.4 Å². The van der Waals surface area contributed by atoms with Crippen LogP contribution >= 0.6 is 23.4 Å².